The van der Waals surface area contributed by atoms with Gasteiger partial charge in [0.1, 0.15) is 0 Å². The molecule has 2 rings (SSSR count). The molecular formula is C11H16N4O2. The molecule has 1 aliphatic rings. The second kappa shape index (κ2) is 5.01. The Balaban J connectivity index is 1.93. The molecule has 0 bridgehead atoms. The molecule has 1 aromatic rings. The van der Waals surface area contributed by atoms with Crippen molar-refractivity contribution in [3.8, 4) is 5.88 Å². The second-order valence-electron chi connectivity index (χ2n) is 4.06. The molecule has 0 aliphatic carbocycles. The van der Waals surface area contributed by atoms with Crippen LogP contribution in [0.2, 0.25) is 0 Å². The quantitative estimate of drug-likeness (QED) is 0.779. The summed E-state index contributed by atoms with van der Waals surface area (Å²) < 4.78 is 5.14. The number of anilines is 1. The number of nitrogens with two attached hydrogens (primary N) is 1. The van der Waals surface area contributed by atoms with Gasteiger partial charge in [-0.3, -0.25) is 0 Å². The van der Waals surface area contributed by atoms with Crippen LogP contribution >= 0.6 is 0 Å². The third-order valence-electron chi connectivity index (χ3n) is 2.82. The summed E-state index contributed by atoms with van der Waals surface area (Å²) in [4.78, 5) is 17.3. The van der Waals surface area contributed by atoms with Gasteiger partial charge in [0.05, 0.1) is 11.9 Å². The lowest BCUT2D eigenvalue weighted by atomic mass is 10.2. The Morgan fingerprint density at radius 2 is 2.47 bits per heavy atom. The smallest absolute Gasteiger partial charge is 0.397 e. The maximum Gasteiger partial charge on any atom is 0.416 e. The van der Waals surface area contributed by atoms with E-state index in [1.165, 1.54) is 6.20 Å². The van der Waals surface area contributed by atoms with Crippen molar-refractivity contribution < 1.29 is 9.53 Å². The summed E-state index contributed by atoms with van der Waals surface area (Å²) in [6.07, 6.45) is 2.01. The number of nitrogens with zero attached hydrogens (tertiary/aromatic N) is 2. The summed E-state index contributed by atoms with van der Waals surface area (Å²) in [5.41, 5.74) is 6.04. The number of aromatic nitrogens is 1. The Kier molecular flexibility index (Phi) is 3.43. The summed E-state index contributed by atoms with van der Waals surface area (Å²) in [5.74, 6) is 0.266. The summed E-state index contributed by atoms with van der Waals surface area (Å²) in [5, 5.41) is 3.20. The lowest BCUT2D eigenvalue weighted by Crippen LogP contribution is -2.40. The number of ether oxygens (including phenoxy) is 1. The number of nitrogen functional groups attached to an aromatic ring is 1. The number of carbonyl (C=O) groups is 1. The number of likely N-dealkylation sites (N-methyl/N-ethyl adjacent to an activating group) is 1. The van der Waals surface area contributed by atoms with Crippen molar-refractivity contribution in [1.82, 2.24) is 15.2 Å². The molecule has 1 saturated heterocycles. The molecule has 0 spiro atoms. The standard InChI is InChI=1S/C11H16N4O2/c1-15(9-4-5-13-7-9)11(16)17-10-3-2-8(12)6-14-10/h2-3,6,9,13H,4-5,7,12H2,1H3. The minimum atomic E-state index is -0.393. The first-order valence-electron chi connectivity index (χ1n) is 5.53. The van der Waals surface area contributed by atoms with Crippen molar-refractivity contribution >= 4 is 11.8 Å². The predicted molar refractivity (Wildman–Crippen MR) is 63.7 cm³/mol. The first kappa shape index (κ1) is 11.7. The monoisotopic (exact) mass is 236 g/mol. The molecule has 17 heavy (non-hydrogen) atoms. The van der Waals surface area contributed by atoms with Crippen LogP contribution in [0.25, 0.3) is 0 Å². The number of amides is 1. The van der Waals surface area contributed by atoms with E-state index in [1.807, 2.05) is 0 Å². The topological polar surface area (TPSA) is 80.5 Å². The van der Waals surface area contributed by atoms with Crippen molar-refractivity contribution in [2.75, 3.05) is 25.9 Å². The summed E-state index contributed by atoms with van der Waals surface area (Å²) >= 11 is 0. The van der Waals surface area contributed by atoms with E-state index >= 15 is 0 Å². The molecule has 1 unspecified atom stereocenters. The van der Waals surface area contributed by atoms with Crippen LogP contribution in [0.4, 0.5) is 10.5 Å². The molecule has 1 fully saturated rings. The molecule has 92 valence electrons. The molecule has 6 nitrogen and oxygen atoms in total. The van der Waals surface area contributed by atoms with Gasteiger partial charge >= 0.3 is 6.09 Å². The molecule has 1 atom stereocenters. The Morgan fingerprint density at radius 3 is 3.06 bits per heavy atom. The lowest BCUT2D eigenvalue weighted by molar-refractivity contribution is 0.147. The molecule has 1 aliphatic heterocycles. The van der Waals surface area contributed by atoms with Gasteiger partial charge in [-0.2, -0.15) is 0 Å². The van der Waals surface area contributed by atoms with Crippen LogP contribution in [-0.4, -0.2) is 42.2 Å². The van der Waals surface area contributed by atoms with Gasteiger partial charge in [-0.15, -0.1) is 0 Å². The number of hydrogen-bond donors (Lipinski definition) is 2. The Hall–Kier alpha value is -1.82. The molecule has 1 aromatic heterocycles. The number of carbonyl (C=O) groups excluding carboxylic acids is 1. The first-order valence-corrected chi connectivity index (χ1v) is 5.53. The number of rotatable bonds is 2. The molecule has 6 heteroatoms. The van der Waals surface area contributed by atoms with E-state index in [1.54, 1.807) is 24.1 Å². The molecule has 0 saturated carbocycles. The summed E-state index contributed by atoms with van der Waals surface area (Å²) in [7, 11) is 1.73. The molecule has 0 aromatic carbocycles. The summed E-state index contributed by atoms with van der Waals surface area (Å²) in [6.45, 7) is 1.74. The molecule has 3 N–H and O–H groups in total. The van der Waals surface area contributed by atoms with E-state index in [9.17, 15) is 4.79 Å². The maximum absolute atomic E-state index is 11.8. The normalized spacial score (nSPS) is 19.0. The second-order valence-corrected chi connectivity index (χ2v) is 4.06. The summed E-state index contributed by atoms with van der Waals surface area (Å²) in [6, 6.07) is 3.41. The van der Waals surface area contributed by atoms with Crippen molar-refractivity contribution in [1.29, 1.82) is 0 Å². The van der Waals surface area contributed by atoms with Gasteiger partial charge in [0.15, 0.2) is 0 Å². The van der Waals surface area contributed by atoms with Gasteiger partial charge in [0.25, 0.3) is 0 Å². The van der Waals surface area contributed by atoms with E-state index in [-0.39, 0.29) is 11.9 Å². The zero-order valence-electron chi connectivity index (χ0n) is 9.72. The largest absolute Gasteiger partial charge is 0.416 e. The zero-order chi connectivity index (χ0) is 12.3. The van der Waals surface area contributed by atoms with Crippen LogP contribution < -0.4 is 15.8 Å². The third-order valence-corrected chi connectivity index (χ3v) is 2.82. The maximum atomic E-state index is 11.8. The fraction of sp³-hybridized carbons (Fsp3) is 0.455. The van der Waals surface area contributed by atoms with Crippen LogP contribution in [0.1, 0.15) is 6.42 Å². The predicted octanol–water partition coefficient (Wildman–Crippen LogP) is 0.456. The minimum absolute atomic E-state index is 0.191. The van der Waals surface area contributed by atoms with Crippen LogP contribution in [0.5, 0.6) is 5.88 Å². The fourth-order valence-electron chi connectivity index (χ4n) is 1.73. The van der Waals surface area contributed by atoms with E-state index < -0.39 is 6.09 Å². The molecular weight excluding hydrogens is 220 g/mol. The number of hydrogen-bond acceptors (Lipinski definition) is 5. The first-order chi connectivity index (χ1) is 8.16. The van der Waals surface area contributed by atoms with E-state index in [0.717, 1.165) is 19.5 Å². The van der Waals surface area contributed by atoms with Gasteiger partial charge < -0.3 is 20.7 Å². The fourth-order valence-corrected chi connectivity index (χ4v) is 1.73. The van der Waals surface area contributed by atoms with Gasteiger partial charge in [-0.1, -0.05) is 0 Å². The van der Waals surface area contributed by atoms with Gasteiger partial charge in [-0.25, -0.2) is 9.78 Å². The van der Waals surface area contributed by atoms with E-state index in [4.69, 9.17) is 10.5 Å². The zero-order valence-corrected chi connectivity index (χ0v) is 9.72. The SMILES string of the molecule is CN(C(=O)Oc1ccc(N)cn1)C1CCNC1. The molecule has 0 radical (unpaired) electrons. The van der Waals surface area contributed by atoms with Crippen molar-refractivity contribution in [2.45, 2.75) is 12.5 Å². The molecule has 2 heterocycles. The highest BCUT2D eigenvalue weighted by Crippen LogP contribution is 2.12. The lowest BCUT2D eigenvalue weighted by Gasteiger charge is -2.22. The van der Waals surface area contributed by atoms with Crippen molar-refractivity contribution in [3.63, 3.8) is 0 Å². The number of pyridine rings is 1. The average molecular weight is 236 g/mol. The van der Waals surface area contributed by atoms with Crippen LogP contribution in [0, 0.1) is 0 Å². The van der Waals surface area contributed by atoms with Gasteiger partial charge in [0, 0.05) is 25.7 Å². The highest BCUT2D eigenvalue weighted by Gasteiger charge is 2.24. The minimum Gasteiger partial charge on any atom is -0.397 e. The Labute approximate surface area is 99.8 Å². The van der Waals surface area contributed by atoms with Gasteiger partial charge in [0.2, 0.25) is 5.88 Å². The van der Waals surface area contributed by atoms with Crippen molar-refractivity contribution in [2.24, 2.45) is 0 Å². The highest BCUT2D eigenvalue weighted by atomic mass is 16.6. The highest BCUT2D eigenvalue weighted by molar-refractivity contribution is 5.70. The number of nitrogens with one attached hydrogen (secondary N) is 1. The van der Waals surface area contributed by atoms with E-state index in [2.05, 4.69) is 10.3 Å². The van der Waals surface area contributed by atoms with Crippen LogP contribution in [0.3, 0.4) is 0 Å². The van der Waals surface area contributed by atoms with Gasteiger partial charge in [-0.05, 0) is 19.0 Å². The Bertz CT molecular complexity index is 387. The van der Waals surface area contributed by atoms with Crippen molar-refractivity contribution in [3.05, 3.63) is 18.3 Å². The third kappa shape index (κ3) is 2.85. The van der Waals surface area contributed by atoms with Crippen LogP contribution in [0.15, 0.2) is 18.3 Å². The Morgan fingerprint density at radius 1 is 1.65 bits per heavy atom. The van der Waals surface area contributed by atoms with Crippen LogP contribution in [-0.2, 0) is 0 Å². The van der Waals surface area contributed by atoms with E-state index in [0.29, 0.717) is 5.69 Å². The molecule has 1 amide bonds. The average Bonchev–Trinajstić information content (AvgIpc) is 2.84.